The smallest absolute Gasteiger partial charge is 0.237 e. The number of benzene rings is 1. The SMILES string of the molecule is CC(C(=O)NC1CC1)N1CCN(C(=O)C2(c3ccc4c(c3)OCO4)CCCCC2)CC1. The number of amides is 2. The first-order valence-corrected chi connectivity index (χ1v) is 11.8. The van der Waals surface area contributed by atoms with Gasteiger partial charge >= 0.3 is 0 Å². The fourth-order valence-electron chi connectivity index (χ4n) is 5.31. The van der Waals surface area contributed by atoms with Gasteiger partial charge in [-0.15, -0.1) is 0 Å². The molecule has 7 heteroatoms. The van der Waals surface area contributed by atoms with Crippen LogP contribution in [0, 0.1) is 0 Å². The van der Waals surface area contributed by atoms with Crippen molar-refractivity contribution in [3.8, 4) is 11.5 Å². The number of hydrogen-bond donors (Lipinski definition) is 1. The normalized spacial score (nSPS) is 24.0. The highest BCUT2D eigenvalue weighted by Crippen LogP contribution is 2.44. The lowest BCUT2D eigenvalue weighted by Crippen LogP contribution is -2.58. The summed E-state index contributed by atoms with van der Waals surface area (Å²) in [5, 5.41) is 3.10. The first kappa shape index (κ1) is 20.6. The molecule has 1 aromatic rings. The van der Waals surface area contributed by atoms with Crippen LogP contribution in [0.4, 0.5) is 0 Å². The fraction of sp³-hybridized carbons (Fsp3) is 0.667. The average Bonchev–Trinajstić information content (AvgIpc) is 3.50. The molecule has 2 aliphatic carbocycles. The minimum Gasteiger partial charge on any atom is -0.454 e. The zero-order valence-corrected chi connectivity index (χ0v) is 18.4. The van der Waals surface area contributed by atoms with Crippen LogP contribution in [0.1, 0.15) is 57.4 Å². The highest BCUT2D eigenvalue weighted by atomic mass is 16.7. The van der Waals surface area contributed by atoms with Gasteiger partial charge in [0.2, 0.25) is 18.6 Å². The van der Waals surface area contributed by atoms with E-state index in [1.54, 1.807) is 0 Å². The molecule has 0 bridgehead atoms. The van der Waals surface area contributed by atoms with Crippen molar-refractivity contribution in [2.24, 2.45) is 0 Å². The van der Waals surface area contributed by atoms with Crippen LogP contribution in [0.25, 0.3) is 0 Å². The summed E-state index contributed by atoms with van der Waals surface area (Å²) in [4.78, 5) is 30.6. The second-order valence-corrected chi connectivity index (χ2v) is 9.50. The Morgan fingerprint density at radius 3 is 2.45 bits per heavy atom. The minimum absolute atomic E-state index is 0.117. The van der Waals surface area contributed by atoms with Gasteiger partial charge in [0.25, 0.3) is 0 Å². The van der Waals surface area contributed by atoms with Crippen LogP contribution in [0.15, 0.2) is 18.2 Å². The van der Waals surface area contributed by atoms with Crippen LogP contribution in [0.5, 0.6) is 11.5 Å². The van der Waals surface area contributed by atoms with Gasteiger partial charge in [-0.25, -0.2) is 0 Å². The quantitative estimate of drug-likeness (QED) is 0.782. The number of carbonyl (C=O) groups excluding carboxylic acids is 2. The van der Waals surface area contributed by atoms with Crippen molar-refractivity contribution < 1.29 is 19.1 Å². The molecule has 4 aliphatic rings. The fourth-order valence-corrected chi connectivity index (χ4v) is 5.31. The summed E-state index contributed by atoms with van der Waals surface area (Å²) in [5.74, 6) is 1.86. The molecular weight excluding hydrogens is 394 g/mol. The zero-order chi connectivity index (χ0) is 21.4. The van der Waals surface area contributed by atoms with Crippen LogP contribution in [0.3, 0.4) is 0 Å². The molecule has 2 saturated carbocycles. The minimum atomic E-state index is -0.476. The largest absolute Gasteiger partial charge is 0.454 e. The first-order chi connectivity index (χ1) is 15.1. The van der Waals surface area contributed by atoms with Gasteiger partial charge in [0.05, 0.1) is 11.5 Å². The summed E-state index contributed by atoms with van der Waals surface area (Å²) in [5.41, 5.74) is 0.581. The lowest BCUT2D eigenvalue weighted by Gasteiger charge is -2.44. The third-order valence-electron chi connectivity index (χ3n) is 7.49. The molecule has 0 spiro atoms. The summed E-state index contributed by atoms with van der Waals surface area (Å²) in [6.07, 6.45) is 7.28. The van der Waals surface area contributed by atoms with E-state index in [0.717, 1.165) is 68.7 Å². The van der Waals surface area contributed by atoms with Gasteiger partial charge in [0.1, 0.15) is 0 Å². The van der Waals surface area contributed by atoms with Crippen LogP contribution >= 0.6 is 0 Å². The number of hydrogen-bond acceptors (Lipinski definition) is 5. The van der Waals surface area contributed by atoms with Crippen molar-refractivity contribution >= 4 is 11.8 Å². The van der Waals surface area contributed by atoms with E-state index in [0.29, 0.717) is 19.1 Å². The molecule has 1 unspecified atom stereocenters. The summed E-state index contributed by atoms with van der Waals surface area (Å²) < 4.78 is 11.1. The molecule has 7 nitrogen and oxygen atoms in total. The number of fused-ring (bicyclic) bond motifs is 1. The maximum Gasteiger partial charge on any atom is 0.237 e. The number of nitrogens with one attached hydrogen (secondary N) is 1. The Morgan fingerprint density at radius 1 is 1.03 bits per heavy atom. The van der Waals surface area contributed by atoms with Crippen molar-refractivity contribution in [3.05, 3.63) is 23.8 Å². The number of piperazine rings is 1. The number of ether oxygens (including phenoxy) is 2. The van der Waals surface area contributed by atoms with E-state index in [9.17, 15) is 9.59 Å². The van der Waals surface area contributed by atoms with E-state index in [1.807, 2.05) is 24.0 Å². The van der Waals surface area contributed by atoms with Crippen LogP contribution in [-0.2, 0) is 15.0 Å². The Morgan fingerprint density at radius 2 is 1.74 bits per heavy atom. The van der Waals surface area contributed by atoms with Gasteiger partial charge in [0, 0.05) is 32.2 Å². The summed E-state index contributed by atoms with van der Waals surface area (Å²) >= 11 is 0. The summed E-state index contributed by atoms with van der Waals surface area (Å²) in [6, 6.07) is 6.25. The molecular formula is C24H33N3O4. The maximum atomic E-state index is 13.9. The third kappa shape index (κ3) is 4.00. The van der Waals surface area contributed by atoms with E-state index in [2.05, 4.69) is 16.3 Å². The Labute approximate surface area is 184 Å². The Balaban J connectivity index is 1.29. The molecule has 1 aromatic carbocycles. The maximum absolute atomic E-state index is 13.9. The highest BCUT2D eigenvalue weighted by molar-refractivity contribution is 5.89. The molecule has 1 saturated heterocycles. The van der Waals surface area contributed by atoms with Gasteiger partial charge in [-0.3, -0.25) is 14.5 Å². The van der Waals surface area contributed by atoms with Crippen molar-refractivity contribution in [2.75, 3.05) is 33.0 Å². The number of rotatable bonds is 5. The Bertz CT molecular complexity index is 839. The van der Waals surface area contributed by atoms with Crippen LogP contribution in [-0.4, -0.2) is 66.7 Å². The van der Waals surface area contributed by atoms with Crippen LogP contribution in [0.2, 0.25) is 0 Å². The van der Waals surface area contributed by atoms with E-state index in [4.69, 9.17) is 9.47 Å². The topological polar surface area (TPSA) is 71.1 Å². The molecule has 5 rings (SSSR count). The molecule has 2 heterocycles. The van der Waals surface area contributed by atoms with E-state index < -0.39 is 5.41 Å². The van der Waals surface area contributed by atoms with Gasteiger partial charge < -0.3 is 19.7 Å². The van der Waals surface area contributed by atoms with Gasteiger partial charge in [-0.1, -0.05) is 25.3 Å². The summed E-state index contributed by atoms with van der Waals surface area (Å²) in [6.45, 7) is 5.04. The molecule has 3 fully saturated rings. The number of nitrogens with zero attached hydrogens (tertiary/aromatic N) is 2. The summed E-state index contributed by atoms with van der Waals surface area (Å²) in [7, 11) is 0. The molecule has 1 atom stereocenters. The number of carbonyl (C=O) groups is 2. The molecule has 0 radical (unpaired) electrons. The van der Waals surface area contributed by atoms with Gasteiger partial charge in [-0.2, -0.15) is 0 Å². The first-order valence-electron chi connectivity index (χ1n) is 11.8. The standard InChI is InChI=1S/C24H33N3O4/c1-17(22(28)25-19-6-7-19)26-11-13-27(14-12-26)23(29)24(9-3-2-4-10-24)18-5-8-20-21(15-18)31-16-30-20/h5,8,15,17,19H,2-4,6-7,9-14,16H2,1H3,(H,25,28). The third-order valence-corrected chi connectivity index (χ3v) is 7.49. The van der Waals surface area contributed by atoms with Crippen molar-refractivity contribution in [1.29, 1.82) is 0 Å². The molecule has 2 aliphatic heterocycles. The predicted octanol–water partition coefficient (Wildman–Crippen LogP) is 2.43. The second-order valence-electron chi connectivity index (χ2n) is 9.50. The van der Waals surface area contributed by atoms with E-state index in [-0.39, 0.29) is 24.6 Å². The van der Waals surface area contributed by atoms with Gasteiger partial charge in [-0.05, 0) is 50.3 Å². The van der Waals surface area contributed by atoms with E-state index in [1.165, 1.54) is 6.42 Å². The van der Waals surface area contributed by atoms with Crippen molar-refractivity contribution in [3.63, 3.8) is 0 Å². The lowest BCUT2D eigenvalue weighted by molar-refractivity contribution is -0.141. The molecule has 2 amide bonds. The average molecular weight is 428 g/mol. The monoisotopic (exact) mass is 427 g/mol. The second kappa shape index (κ2) is 8.34. The molecule has 31 heavy (non-hydrogen) atoms. The molecule has 1 N–H and O–H groups in total. The Hall–Kier alpha value is -2.28. The van der Waals surface area contributed by atoms with Gasteiger partial charge in [0.15, 0.2) is 11.5 Å². The highest BCUT2D eigenvalue weighted by Gasteiger charge is 2.45. The zero-order valence-electron chi connectivity index (χ0n) is 18.4. The van der Waals surface area contributed by atoms with Crippen LogP contribution < -0.4 is 14.8 Å². The van der Waals surface area contributed by atoms with Crippen molar-refractivity contribution in [1.82, 2.24) is 15.1 Å². The van der Waals surface area contributed by atoms with Crippen molar-refractivity contribution in [2.45, 2.75) is 69.4 Å². The Kier molecular flexibility index (Phi) is 5.54. The lowest BCUT2D eigenvalue weighted by atomic mass is 9.68. The predicted molar refractivity (Wildman–Crippen MR) is 116 cm³/mol. The molecule has 168 valence electrons. The molecule has 0 aromatic heterocycles. The van der Waals surface area contributed by atoms with E-state index >= 15 is 0 Å².